The molecule has 0 saturated heterocycles. The molecule has 0 atom stereocenters. The second-order valence-corrected chi connectivity index (χ2v) is 7.50. The van der Waals surface area contributed by atoms with E-state index in [9.17, 15) is 9.90 Å². The third kappa shape index (κ3) is 3.00. The lowest BCUT2D eigenvalue weighted by Crippen LogP contribution is -2.16. The number of thiazole rings is 1. The number of aromatic nitrogens is 1. The van der Waals surface area contributed by atoms with E-state index in [0.29, 0.717) is 10.6 Å². The molecular weight excluding hydrogens is 282 g/mol. The largest absolute Gasteiger partial charge is 0.477 e. The van der Waals surface area contributed by atoms with Gasteiger partial charge >= 0.3 is 5.97 Å². The third-order valence-corrected chi connectivity index (χ3v) is 4.68. The van der Waals surface area contributed by atoms with Crippen molar-refractivity contribution in [2.75, 3.05) is 0 Å². The molecule has 0 aliphatic rings. The molecular formula is C17H21NO2S. The Morgan fingerprint density at radius 1 is 1.10 bits per heavy atom. The summed E-state index contributed by atoms with van der Waals surface area (Å²) >= 11 is 1.27. The van der Waals surface area contributed by atoms with E-state index in [1.165, 1.54) is 22.5 Å². The first-order valence-electron chi connectivity index (χ1n) is 6.94. The van der Waals surface area contributed by atoms with Crippen molar-refractivity contribution in [2.24, 2.45) is 0 Å². The monoisotopic (exact) mass is 303 g/mol. The molecule has 0 bridgehead atoms. The van der Waals surface area contributed by atoms with Crippen LogP contribution in [0.15, 0.2) is 12.1 Å². The number of carboxylic acids is 1. The first-order chi connectivity index (χ1) is 9.61. The van der Waals surface area contributed by atoms with Crippen molar-refractivity contribution in [2.45, 2.75) is 47.0 Å². The van der Waals surface area contributed by atoms with E-state index in [-0.39, 0.29) is 5.41 Å². The zero-order valence-electron chi connectivity index (χ0n) is 13.4. The number of aryl methyl sites for hydroxylation is 3. The average molecular weight is 303 g/mol. The minimum absolute atomic E-state index is 0.282. The van der Waals surface area contributed by atoms with Crippen LogP contribution in [-0.4, -0.2) is 16.1 Å². The SMILES string of the molecule is Cc1cc(C)c(-c2nc(C(C)(C)C)c(C(=O)O)s2)cc1C. The van der Waals surface area contributed by atoms with Gasteiger partial charge in [0.25, 0.3) is 0 Å². The number of nitrogens with zero attached hydrogens (tertiary/aromatic N) is 1. The third-order valence-electron chi connectivity index (χ3n) is 3.60. The number of aromatic carboxylic acids is 1. The Hall–Kier alpha value is -1.68. The molecule has 0 unspecified atom stereocenters. The van der Waals surface area contributed by atoms with Gasteiger partial charge in [0.2, 0.25) is 0 Å². The molecule has 0 fully saturated rings. The molecule has 4 heteroatoms. The van der Waals surface area contributed by atoms with Gasteiger partial charge in [0.15, 0.2) is 0 Å². The van der Waals surface area contributed by atoms with Crippen LogP contribution in [-0.2, 0) is 5.41 Å². The minimum Gasteiger partial charge on any atom is -0.477 e. The lowest BCUT2D eigenvalue weighted by Gasteiger charge is -2.16. The summed E-state index contributed by atoms with van der Waals surface area (Å²) in [6.07, 6.45) is 0. The van der Waals surface area contributed by atoms with Crippen LogP contribution < -0.4 is 0 Å². The van der Waals surface area contributed by atoms with Gasteiger partial charge in [0, 0.05) is 11.0 Å². The second kappa shape index (κ2) is 5.26. The Morgan fingerprint density at radius 2 is 1.67 bits per heavy atom. The van der Waals surface area contributed by atoms with Crippen molar-refractivity contribution < 1.29 is 9.90 Å². The van der Waals surface area contributed by atoms with Crippen LogP contribution in [0.3, 0.4) is 0 Å². The van der Waals surface area contributed by atoms with Crippen molar-refractivity contribution in [3.05, 3.63) is 39.4 Å². The highest BCUT2D eigenvalue weighted by atomic mass is 32.1. The fraction of sp³-hybridized carbons (Fsp3) is 0.412. The summed E-state index contributed by atoms with van der Waals surface area (Å²) in [6.45, 7) is 12.2. The normalized spacial score (nSPS) is 11.7. The van der Waals surface area contributed by atoms with Crippen LogP contribution in [0.1, 0.15) is 52.8 Å². The molecule has 3 nitrogen and oxygen atoms in total. The van der Waals surface area contributed by atoms with E-state index in [4.69, 9.17) is 0 Å². The smallest absolute Gasteiger partial charge is 0.347 e. The van der Waals surface area contributed by atoms with E-state index in [2.05, 4.69) is 31.0 Å². The molecule has 0 aliphatic heterocycles. The molecule has 21 heavy (non-hydrogen) atoms. The average Bonchev–Trinajstić information content (AvgIpc) is 2.78. The summed E-state index contributed by atoms with van der Waals surface area (Å²) in [5.41, 5.74) is 4.97. The predicted octanol–water partition coefficient (Wildman–Crippen LogP) is 4.73. The number of carboxylic acid groups (broad SMARTS) is 1. The topological polar surface area (TPSA) is 50.2 Å². The Balaban J connectivity index is 2.66. The van der Waals surface area contributed by atoms with Crippen LogP contribution in [0.25, 0.3) is 10.6 Å². The van der Waals surface area contributed by atoms with Crippen LogP contribution >= 0.6 is 11.3 Å². The lowest BCUT2D eigenvalue weighted by atomic mass is 9.91. The summed E-state index contributed by atoms with van der Waals surface area (Å²) in [5, 5.41) is 10.2. The van der Waals surface area contributed by atoms with Gasteiger partial charge in [-0.15, -0.1) is 11.3 Å². The number of carbonyl (C=O) groups is 1. The van der Waals surface area contributed by atoms with Gasteiger partial charge in [-0.2, -0.15) is 0 Å². The highest BCUT2D eigenvalue weighted by Gasteiger charge is 2.27. The molecule has 1 heterocycles. The van der Waals surface area contributed by atoms with Crippen molar-refractivity contribution in [1.82, 2.24) is 4.98 Å². The van der Waals surface area contributed by atoms with Crippen LogP contribution in [0, 0.1) is 20.8 Å². The molecule has 1 aromatic heterocycles. The Kier molecular flexibility index (Phi) is 3.93. The molecule has 0 aliphatic carbocycles. The highest BCUT2D eigenvalue weighted by molar-refractivity contribution is 7.17. The van der Waals surface area contributed by atoms with Gasteiger partial charge in [-0.1, -0.05) is 26.8 Å². The second-order valence-electron chi connectivity index (χ2n) is 6.50. The van der Waals surface area contributed by atoms with Gasteiger partial charge in [-0.05, 0) is 43.5 Å². The molecule has 0 spiro atoms. The first-order valence-corrected chi connectivity index (χ1v) is 7.75. The van der Waals surface area contributed by atoms with Gasteiger partial charge in [0.05, 0.1) is 5.69 Å². The van der Waals surface area contributed by atoms with Gasteiger partial charge in [0.1, 0.15) is 9.88 Å². The maximum atomic E-state index is 11.5. The maximum absolute atomic E-state index is 11.5. The summed E-state index contributed by atoms with van der Waals surface area (Å²) in [4.78, 5) is 16.5. The highest BCUT2D eigenvalue weighted by Crippen LogP contribution is 2.36. The van der Waals surface area contributed by atoms with Crippen molar-refractivity contribution in [3.8, 4) is 10.6 Å². The van der Waals surface area contributed by atoms with Crippen LogP contribution in [0.4, 0.5) is 0 Å². The van der Waals surface area contributed by atoms with E-state index in [1.54, 1.807) is 0 Å². The molecule has 2 aromatic rings. The lowest BCUT2D eigenvalue weighted by molar-refractivity contribution is 0.0699. The quantitative estimate of drug-likeness (QED) is 0.872. The fourth-order valence-electron chi connectivity index (χ4n) is 2.28. The Morgan fingerprint density at radius 3 is 2.14 bits per heavy atom. The number of benzene rings is 1. The molecule has 0 radical (unpaired) electrons. The van der Waals surface area contributed by atoms with Gasteiger partial charge in [-0.3, -0.25) is 0 Å². The van der Waals surface area contributed by atoms with Crippen LogP contribution in [0.5, 0.6) is 0 Å². The number of hydrogen-bond acceptors (Lipinski definition) is 3. The molecule has 112 valence electrons. The predicted molar refractivity (Wildman–Crippen MR) is 87.4 cm³/mol. The van der Waals surface area contributed by atoms with E-state index >= 15 is 0 Å². The van der Waals surface area contributed by atoms with E-state index in [1.807, 2.05) is 27.7 Å². The zero-order valence-corrected chi connectivity index (χ0v) is 14.2. The number of hydrogen-bond donors (Lipinski definition) is 1. The molecule has 0 amide bonds. The van der Waals surface area contributed by atoms with Crippen molar-refractivity contribution in [3.63, 3.8) is 0 Å². The summed E-state index contributed by atoms with van der Waals surface area (Å²) in [5.74, 6) is -0.898. The summed E-state index contributed by atoms with van der Waals surface area (Å²) in [7, 11) is 0. The molecule has 1 N–H and O–H groups in total. The van der Waals surface area contributed by atoms with Crippen LogP contribution in [0.2, 0.25) is 0 Å². The van der Waals surface area contributed by atoms with E-state index < -0.39 is 5.97 Å². The summed E-state index contributed by atoms with van der Waals surface area (Å²) in [6, 6.07) is 4.23. The first kappa shape index (κ1) is 15.7. The van der Waals surface area contributed by atoms with Gasteiger partial charge < -0.3 is 5.11 Å². The Labute approximate surface area is 129 Å². The molecule has 2 rings (SSSR count). The zero-order chi connectivity index (χ0) is 15.9. The fourth-order valence-corrected chi connectivity index (χ4v) is 3.48. The van der Waals surface area contributed by atoms with Gasteiger partial charge in [-0.25, -0.2) is 9.78 Å². The standard InChI is InChI=1S/C17H21NO2S/c1-9-7-11(3)12(8-10(9)2)15-18-14(17(4,5)6)13(21-15)16(19)20/h7-8H,1-6H3,(H,19,20). The van der Waals surface area contributed by atoms with Crippen molar-refractivity contribution in [1.29, 1.82) is 0 Å². The molecule has 0 saturated carbocycles. The van der Waals surface area contributed by atoms with E-state index in [0.717, 1.165) is 16.1 Å². The van der Waals surface area contributed by atoms with Crippen molar-refractivity contribution >= 4 is 17.3 Å². The molecule has 1 aromatic carbocycles. The Bertz CT molecular complexity index is 708. The number of rotatable bonds is 2. The maximum Gasteiger partial charge on any atom is 0.347 e. The summed E-state index contributed by atoms with van der Waals surface area (Å²) < 4.78 is 0. The minimum atomic E-state index is -0.898.